The Labute approximate surface area is 112 Å². The molecular formula is C11H13BrFNO4. The molecule has 5 nitrogen and oxygen atoms in total. The number of benzene rings is 1. The van der Waals surface area contributed by atoms with Crippen molar-refractivity contribution in [2.75, 3.05) is 14.2 Å². The lowest BCUT2D eigenvalue weighted by molar-refractivity contribution is -0.138. The summed E-state index contributed by atoms with van der Waals surface area (Å²) in [4.78, 5) is 10.7. The van der Waals surface area contributed by atoms with E-state index in [4.69, 9.17) is 20.3 Å². The Morgan fingerprint density at radius 2 is 2.17 bits per heavy atom. The summed E-state index contributed by atoms with van der Waals surface area (Å²) in [6, 6.07) is -0.0538. The first-order valence-corrected chi connectivity index (χ1v) is 5.78. The van der Waals surface area contributed by atoms with Gasteiger partial charge in [0.05, 0.1) is 18.7 Å². The van der Waals surface area contributed by atoms with Crippen LogP contribution < -0.4 is 15.2 Å². The third-order valence-corrected chi connectivity index (χ3v) is 3.24. The van der Waals surface area contributed by atoms with Gasteiger partial charge in [0, 0.05) is 18.1 Å². The number of ether oxygens (including phenoxy) is 2. The fraction of sp³-hybridized carbons (Fsp3) is 0.364. The van der Waals surface area contributed by atoms with Gasteiger partial charge in [0.25, 0.3) is 0 Å². The van der Waals surface area contributed by atoms with Crippen LogP contribution in [-0.4, -0.2) is 31.3 Å². The predicted octanol–water partition coefficient (Wildman–Crippen LogP) is 1.56. The second-order valence-electron chi connectivity index (χ2n) is 3.54. The van der Waals surface area contributed by atoms with Crippen molar-refractivity contribution in [1.29, 1.82) is 0 Å². The lowest BCUT2D eigenvalue weighted by Crippen LogP contribution is -2.32. The molecule has 0 spiro atoms. The highest BCUT2D eigenvalue weighted by Crippen LogP contribution is 2.39. The highest BCUT2D eigenvalue weighted by atomic mass is 79.9. The minimum absolute atomic E-state index is 0.141. The molecule has 1 aromatic carbocycles. The van der Waals surface area contributed by atoms with Crippen molar-refractivity contribution in [3.05, 3.63) is 21.9 Å². The van der Waals surface area contributed by atoms with E-state index in [1.54, 1.807) is 0 Å². The zero-order valence-electron chi connectivity index (χ0n) is 9.87. The molecule has 1 rings (SSSR count). The maximum Gasteiger partial charge on any atom is 0.320 e. The monoisotopic (exact) mass is 321 g/mol. The van der Waals surface area contributed by atoms with Crippen molar-refractivity contribution in [2.24, 2.45) is 5.73 Å². The topological polar surface area (TPSA) is 81.8 Å². The molecular weight excluding hydrogens is 309 g/mol. The Bertz CT molecular complexity index is 467. The van der Waals surface area contributed by atoms with Gasteiger partial charge in [-0.3, -0.25) is 4.79 Å². The van der Waals surface area contributed by atoms with Gasteiger partial charge in [0.2, 0.25) is 0 Å². The standard InChI is InChI=1S/C11H13BrFNO4/c1-17-8-4-6(13)5(3-7(14)11(15)16)9(12)10(8)18-2/h4,7H,3,14H2,1-2H3,(H,15,16). The summed E-state index contributed by atoms with van der Waals surface area (Å²) < 4.78 is 24.2. The summed E-state index contributed by atoms with van der Waals surface area (Å²) in [5, 5.41) is 8.73. The molecule has 0 saturated carbocycles. The number of nitrogens with two attached hydrogens (primary N) is 1. The van der Waals surface area contributed by atoms with Gasteiger partial charge in [-0.1, -0.05) is 0 Å². The van der Waals surface area contributed by atoms with E-state index < -0.39 is 17.8 Å². The van der Waals surface area contributed by atoms with Crippen molar-refractivity contribution in [3.63, 3.8) is 0 Å². The van der Waals surface area contributed by atoms with Gasteiger partial charge < -0.3 is 20.3 Å². The molecule has 0 heterocycles. The van der Waals surface area contributed by atoms with Gasteiger partial charge in [-0.15, -0.1) is 0 Å². The van der Waals surface area contributed by atoms with Crippen LogP contribution in [0.1, 0.15) is 5.56 Å². The lowest BCUT2D eigenvalue weighted by Gasteiger charge is -2.15. The second-order valence-corrected chi connectivity index (χ2v) is 4.33. The molecule has 0 bridgehead atoms. The summed E-state index contributed by atoms with van der Waals surface area (Å²) in [6.45, 7) is 0. The summed E-state index contributed by atoms with van der Waals surface area (Å²) in [5.74, 6) is -1.28. The number of halogens is 2. The molecule has 3 N–H and O–H groups in total. The fourth-order valence-electron chi connectivity index (χ4n) is 1.45. The number of hydrogen-bond acceptors (Lipinski definition) is 4. The van der Waals surface area contributed by atoms with Gasteiger partial charge >= 0.3 is 5.97 Å². The SMILES string of the molecule is COc1cc(F)c(CC(N)C(=O)O)c(Br)c1OC. The largest absolute Gasteiger partial charge is 0.493 e. The number of carbonyl (C=O) groups is 1. The van der Waals surface area contributed by atoms with Gasteiger partial charge in [-0.25, -0.2) is 4.39 Å². The van der Waals surface area contributed by atoms with E-state index in [0.29, 0.717) is 10.2 Å². The first-order valence-electron chi connectivity index (χ1n) is 4.99. The van der Waals surface area contributed by atoms with Crippen molar-refractivity contribution < 1.29 is 23.8 Å². The first-order chi connectivity index (χ1) is 8.42. The third kappa shape index (κ3) is 2.91. The Hall–Kier alpha value is -1.34. The van der Waals surface area contributed by atoms with Crippen molar-refractivity contribution in [2.45, 2.75) is 12.5 Å². The summed E-state index contributed by atoms with van der Waals surface area (Å²) in [6.07, 6.45) is -0.151. The highest BCUT2D eigenvalue weighted by molar-refractivity contribution is 9.10. The zero-order valence-corrected chi connectivity index (χ0v) is 11.5. The van der Waals surface area contributed by atoms with Crippen molar-refractivity contribution in [1.82, 2.24) is 0 Å². The summed E-state index contributed by atoms with van der Waals surface area (Å²) in [7, 11) is 2.79. The van der Waals surface area contributed by atoms with Crippen LogP contribution in [0.3, 0.4) is 0 Å². The second kappa shape index (κ2) is 6.01. The van der Waals surface area contributed by atoms with E-state index in [0.717, 1.165) is 6.07 Å². The number of hydrogen-bond donors (Lipinski definition) is 2. The number of rotatable bonds is 5. The van der Waals surface area contributed by atoms with Crippen LogP contribution in [0.5, 0.6) is 11.5 Å². The minimum Gasteiger partial charge on any atom is -0.493 e. The molecule has 100 valence electrons. The predicted molar refractivity (Wildman–Crippen MR) is 66.5 cm³/mol. The number of methoxy groups -OCH3 is 2. The molecule has 0 saturated heterocycles. The van der Waals surface area contributed by atoms with Crippen molar-refractivity contribution in [3.8, 4) is 11.5 Å². The Morgan fingerprint density at radius 1 is 1.56 bits per heavy atom. The minimum atomic E-state index is -1.20. The van der Waals surface area contributed by atoms with Crippen LogP contribution in [0.15, 0.2) is 10.5 Å². The molecule has 0 radical (unpaired) electrons. The lowest BCUT2D eigenvalue weighted by atomic mass is 10.1. The van der Waals surface area contributed by atoms with Crippen LogP contribution in [0.2, 0.25) is 0 Å². The van der Waals surface area contributed by atoms with Gasteiger partial charge in [-0.2, -0.15) is 0 Å². The van der Waals surface area contributed by atoms with Crippen LogP contribution in [-0.2, 0) is 11.2 Å². The molecule has 0 fully saturated rings. The Balaban J connectivity index is 3.24. The Morgan fingerprint density at radius 3 is 2.61 bits per heavy atom. The van der Waals surface area contributed by atoms with E-state index in [9.17, 15) is 9.18 Å². The van der Waals surface area contributed by atoms with Crippen LogP contribution in [0, 0.1) is 5.82 Å². The average molecular weight is 322 g/mol. The third-order valence-electron chi connectivity index (χ3n) is 2.40. The van der Waals surface area contributed by atoms with E-state index in [1.165, 1.54) is 14.2 Å². The summed E-state index contributed by atoms with van der Waals surface area (Å²) >= 11 is 3.17. The van der Waals surface area contributed by atoms with Gasteiger partial charge in [-0.05, 0) is 15.9 Å². The fourth-order valence-corrected chi connectivity index (χ4v) is 2.16. The molecule has 1 aromatic rings. The number of carboxylic acid groups (broad SMARTS) is 1. The molecule has 18 heavy (non-hydrogen) atoms. The normalized spacial score (nSPS) is 12.1. The highest BCUT2D eigenvalue weighted by Gasteiger charge is 2.22. The smallest absolute Gasteiger partial charge is 0.320 e. The van der Waals surface area contributed by atoms with Crippen LogP contribution in [0.25, 0.3) is 0 Å². The van der Waals surface area contributed by atoms with Gasteiger partial charge in [0.15, 0.2) is 11.5 Å². The zero-order chi connectivity index (χ0) is 13.9. The maximum absolute atomic E-state index is 13.8. The van der Waals surface area contributed by atoms with E-state index >= 15 is 0 Å². The molecule has 1 unspecified atom stereocenters. The molecule has 0 aliphatic carbocycles. The molecule has 0 aliphatic heterocycles. The van der Waals surface area contributed by atoms with Gasteiger partial charge in [0.1, 0.15) is 11.9 Å². The van der Waals surface area contributed by atoms with Crippen LogP contribution >= 0.6 is 15.9 Å². The molecule has 0 aliphatic rings. The van der Waals surface area contributed by atoms with Crippen molar-refractivity contribution >= 4 is 21.9 Å². The molecule has 0 aromatic heterocycles. The number of carboxylic acids is 1. The number of aliphatic carboxylic acids is 1. The Kier molecular flexibility index (Phi) is 4.92. The maximum atomic E-state index is 13.8. The van der Waals surface area contributed by atoms with E-state index in [2.05, 4.69) is 15.9 Å². The summed E-state index contributed by atoms with van der Waals surface area (Å²) in [5.41, 5.74) is 5.53. The molecule has 1 atom stereocenters. The average Bonchev–Trinajstić information content (AvgIpc) is 2.33. The quantitative estimate of drug-likeness (QED) is 0.860. The first kappa shape index (κ1) is 14.7. The van der Waals surface area contributed by atoms with E-state index in [1.807, 2.05) is 0 Å². The molecule has 7 heteroatoms. The van der Waals surface area contributed by atoms with E-state index in [-0.39, 0.29) is 17.7 Å². The molecule has 0 amide bonds. The van der Waals surface area contributed by atoms with Crippen LogP contribution in [0.4, 0.5) is 4.39 Å².